The van der Waals surface area contributed by atoms with Crippen molar-refractivity contribution in [1.82, 2.24) is 4.98 Å². The van der Waals surface area contributed by atoms with Gasteiger partial charge in [0.2, 0.25) is 0 Å². The van der Waals surface area contributed by atoms with Crippen molar-refractivity contribution in [3.63, 3.8) is 0 Å². The Kier molecular flexibility index (Phi) is 3.36. The Hall–Kier alpha value is -1.34. The molecule has 15 heavy (non-hydrogen) atoms. The highest BCUT2D eigenvalue weighted by Crippen LogP contribution is 2.17. The lowest BCUT2D eigenvalue weighted by Gasteiger charge is -2.03. The molecular formula is C13H12ClN. The fraction of sp³-hybridized carbons (Fsp3) is 0.154. The van der Waals surface area contributed by atoms with E-state index >= 15 is 0 Å². The molecule has 0 saturated carbocycles. The number of benzene rings is 1. The molecule has 1 nitrogen and oxygen atoms in total. The van der Waals surface area contributed by atoms with Crippen LogP contribution in [-0.2, 0) is 6.42 Å². The van der Waals surface area contributed by atoms with Crippen molar-refractivity contribution in [2.24, 2.45) is 0 Å². The molecule has 0 aliphatic heterocycles. The number of aromatic nitrogens is 1. The molecule has 2 heteroatoms. The topological polar surface area (TPSA) is 12.9 Å². The van der Waals surface area contributed by atoms with Gasteiger partial charge in [0.1, 0.15) is 0 Å². The molecule has 0 aliphatic rings. The standard InChI is InChI=1S/C13H12ClN/c14-9-4-3-7-13-12-6-2-1-5-11(12)8-10-15-13/h1-2,4-6,8-10H,3,7H2. The highest BCUT2D eigenvalue weighted by molar-refractivity contribution is 6.25. The van der Waals surface area contributed by atoms with Crippen LogP contribution in [0.5, 0.6) is 0 Å². The molecule has 1 heterocycles. The SMILES string of the molecule is ClC=CCCc1nccc2ccccc12. The normalized spacial score (nSPS) is 11.3. The minimum atomic E-state index is 0.935. The van der Waals surface area contributed by atoms with Gasteiger partial charge in [0.05, 0.1) is 0 Å². The lowest BCUT2D eigenvalue weighted by molar-refractivity contribution is 0.959. The van der Waals surface area contributed by atoms with Crippen molar-refractivity contribution in [3.8, 4) is 0 Å². The summed E-state index contributed by atoms with van der Waals surface area (Å²) >= 11 is 5.49. The number of hydrogen-bond acceptors (Lipinski definition) is 1. The highest BCUT2D eigenvalue weighted by atomic mass is 35.5. The van der Waals surface area contributed by atoms with E-state index in [4.69, 9.17) is 11.6 Å². The largest absolute Gasteiger partial charge is 0.261 e. The number of fused-ring (bicyclic) bond motifs is 1. The van der Waals surface area contributed by atoms with Crippen LogP contribution in [0.15, 0.2) is 48.1 Å². The third-order valence-corrected chi connectivity index (χ3v) is 2.57. The smallest absolute Gasteiger partial charge is 0.0484 e. The minimum absolute atomic E-state index is 0.935. The van der Waals surface area contributed by atoms with Crippen LogP contribution in [-0.4, -0.2) is 4.98 Å². The Morgan fingerprint density at radius 3 is 2.93 bits per heavy atom. The first-order valence-electron chi connectivity index (χ1n) is 4.99. The van der Waals surface area contributed by atoms with Gasteiger partial charge in [0, 0.05) is 22.8 Å². The van der Waals surface area contributed by atoms with Crippen LogP contribution in [0.25, 0.3) is 10.8 Å². The van der Waals surface area contributed by atoms with Crippen molar-refractivity contribution in [2.45, 2.75) is 12.8 Å². The quantitative estimate of drug-likeness (QED) is 0.760. The van der Waals surface area contributed by atoms with Crippen molar-refractivity contribution in [3.05, 3.63) is 53.8 Å². The molecule has 76 valence electrons. The molecule has 1 aromatic carbocycles. The van der Waals surface area contributed by atoms with E-state index in [2.05, 4.69) is 17.1 Å². The molecule has 0 atom stereocenters. The maximum Gasteiger partial charge on any atom is 0.0484 e. The number of rotatable bonds is 3. The number of aryl methyl sites for hydroxylation is 1. The zero-order chi connectivity index (χ0) is 10.5. The maximum absolute atomic E-state index is 5.49. The molecule has 2 aromatic rings. The first-order valence-corrected chi connectivity index (χ1v) is 5.43. The number of hydrogen-bond donors (Lipinski definition) is 0. The molecular weight excluding hydrogens is 206 g/mol. The minimum Gasteiger partial charge on any atom is -0.261 e. The Balaban J connectivity index is 2.34. The van der Waals surface area contributed by atoms with Crippen LogP contribution in [0.3, 0.4) is 0 Å². The third-order valence-electron chi connectivity index (χ3n) is 2.39. The Morgan fingerprint density at radius 1 is 1.20 bits per heavy atom. The second-order valence-corrected chi connectivity index (χ2v) is 3.63. The Morgan fingerprint density at radius 2 is 2.07 bits per heavy atom. The van der Waals surface area contributed by atoms with E-state index in [0.717, 1.165) is 18.5 Å². The van der Waals surface area contributed by atoms with Crippen LogP contribution in [0, 0.1) is 0 Å². The van der Waals surface area contributed by atoms with Crippen LogP contribution >= 0.6 is 11.6 Å². The van der Waals surface area contributed by atoms with E-state index in [0.29, 0.717) is 0 Å². The summed E-state index contributed by atoms with van der Waals surface area (Å²) in [5.74, 6) is 0. The van der Waals surface area contributed by atoms with Gasteiger partial charge in [0.25, 0.3) is 0 Å². The summed E-state index contributed by atoms with van der Waals surface area (Å²) < 4.78 is 0. The van der Waals surface area contributed by atoms with Gasteiger partial charge in [-0.15, -0.1) is 0 Å². The van der Waals surface area contributed by atoms with E-state index in [1.807, 2.05) is 30.5 Å². The van der Waals surface area contributed by atoms with E-state index in [-0.39, 0.29) is 0 Å². The molecule has 0 N–H and O–H groups in total. The average Bonchev–Trinajstić information content (AvgIpc) is 2.30. The van der Waals surface area contributed by atoms with Gasteiger partial charge >= 0.3 is 0 Å². The van der Waals surface area contributed by atoms with Crippen LogP contribution in [0.1, 0.15) is 12.1 Å². The predicted octanol–water partition coefficient (Wildman–Crippen LogP) is 3.92. The molecule has 0 unspecified atom stereocenters. The zero-order valence-corrected chi connectivity index (χ0v) is 9.11. The zero-order valence-electron chi connectivity index (χ0n) is 8.36. The van der Waals surface area contributed by atoms with Crippen molar-refractivity contribution < 1.29 is 0 Å². The third kappa shape index (κ3) is 2.37. The van der Waals surface area contributed by atoms with E-state index in [1.54, 1.807) is 5.54 Å². The molecule has 0 saturated heterocycles. The van der Waals surface area contributed by atoms with Gasteiger partial charge in [-0.05, 0) is 24.3 Å². The van der Waals surface area contributed by atoms with Gasteiger partial charge in [-0.3, -0.25) is 4.98 Å². The number of pyridine rings is 1. The summed E-state index contributed by atoms with van der Waals surface area (Å²) in [6, 6.07) is 10.4. The molecule has 2 rings (SSSR count). The first kappa shape index (κ1) is 10.2. The summed E-state index contributed by atoms with van der Waals surface area (Å²) in [6.45, 7) is 0. The number of allylic oxidation sites excluding steroid dienone is 1. The van der Waals surface area contributed by atoms with Crippen molar-refractivity contribution >= 4 is 22.4 Å². The van der Waals surface area contributed by atoms with Crippen LogP contribution in [0.4, 0.5) is 0 Å². The summed E-state index contributed by atoms with van der Waals surface area (Å²) in [5, 5.41) is 2.49. The first-order chi connectivity index (χ1) is 7.42. The second kappa shape index (κ2) is 4.94. The predicted molar refractivity (Wildman–Crippen MR) is 65.1 cm³/mol. The maximum atomic E-state index is 5.49. The van der Waals surface area contributed by atoms with Gasteiger partial charge in [-0.2, -0.15) is 0 Å². The summed E-state index contributed by atoms with van der Waals surface area (Å²) in [5.41, 5.74) is 2.70. The monoisotopic (exact) mass is 217 g/mol. The number of nitrogens with zero attached hydrogens (tertiary/aromatic N) is 1. The molecule has 0 amide bonds. The fourth-order valence-electron chi connectivity index (χ4n) is 1.66. The van der Waals surface area contributed by atoms with Crippen molar-refractivity contribution in [1.29, 1.82) is 0 Å². The van der Waals surface area contributed by atoms with E-state index in [1.165, 1.54) is 10.8 Å². The second-order valence-electron chi connectivity index (χ2n) is 3.38. The number of halogens is 1. The van der Waals surface area contributed by atoms with Gasteiger partial charge in [-0.25, -0.2) is 0 Å². The summed E-state index contributed by atoms with van der Waals surface area (Å²) in [4.78, 5) is 4.40. The van der Waals surface area contributed by atoms with Gasteiger partial charge in [0.15, 0.2) is 0 Å². The molecule has 0 aliphatic carbocycles. The Labute approximate surface area is 94.4 Å². The molecule has 0 fully saturated rings. The van der Waals surface area contributed by atoms with Crippen LogP contribution in [0.2, 0.25) is 0 Å². The van der Waals surface area contributed by atoms with Gasteiger partial charge < -0.3 is 0 Å². The van der Waals surface area contributed by atoms with Crippen LogP contribution < -0.4 is 0 Å². The van der Waals surface area contributed by atoms with E-state index in [9.17, 15) is 0 Å². The summed E-state index contributed by atoms with van der Waals surface area (Å²) in [6.07, 6.45) is 5.68. The fourth-order valence-corrected chi connectivity index (χ4v) is 1.79. The van der Waals surface area contributed by atoms with Crippen molar-refractivity contribution in [2.75, 3.05) is 0 Å². The van der Waals surface area contributed by atoms with Gasteiger partial charge in [-0.1, -0.05) is 41.9 Å². The molecule has 0 bridgehead atoms. The highest BCUT2D eigenvalue weighted by Gasteiger charge is 1.99. The lowest BCUT2D eigenvalue weighted by Crippen LogP contribution is -1.90. The summed E-state index contributed by atoms with van der Waals surface area (Å²) in [7, 11) is 0. The molecule has 0 spiro atoms. The molecule has 0 radical (unpaired) electrons. The van der Waals surface area contributed by atoms with E-state index < -0.39 is 0 Å². The average molecular weight is 218 g/mol. The Bertz CT molecular complexity index is 471. The molecule has 1 aromatic heterocycles. The lowest BCUT2D eigenvalue weighted by atomic mass is 10.1.